The summed E-state index contributed by atoms with van der Waals surface area (Å²) in [5.41, 5.74) is 0.410. The van der Waals surface area contributed by atoms with Gasteiger partial charge in [-0.2, -0.15) is 5.26 Å². The van der Waals surface area contributed by atoms with Gasteiger partial charge in [-0.1, -0.05) is 0 Å². The van der Waals surface area contributed by atoms with Crippen LogP contribution in [0.5, 0.6) is 0 Å². The predicted molar refractivity (Wildman–Crippen MR) is 50.1 cm³/mol. The minimum atomic E-state index is -0.0613. The number of nitrogens with zero attached hydrogens (tertiary/aromatic N) is 3. The third-order valence-electron chi connectivity index (χ3n) is 1.27. The molecule has 0 aliphatic rings. The van der Waals surface area contributed by atoms with Crippen LogP contribution in [0.25, 0.3) is 0 Å². The summed E-state index contributed by atoms with van der Waals surface area (Å²) >= 11 is 0. The van der Waals surface area contributed by atoms with Crippen molar-refractivity contribution in [2.24, 2.45) is 0 Å². The highest BCUT2D eigenvalue weighted by molar-refractivity contribution is 5.31. The first kappa shape index (κ1) is 9.46. The molecular weight excluding hydrogens is 164 g/mol. The van der Waals surface area contributed by atoms with Crippen LogP contribution in [-0.4, -0.2) is 15.5 Å². The van der Waals surface area contributed by atoms with Gasteiger partial charge in [0.15, 0.2) is 0 Å². The highest BCUT2D eigenvalue weighted by Gasteiger charge is 2.10. The third kappa shape index (κ3) is 3.08. The first-order valence-electron chi connectivity index (χ1n) is 4.01. The molecule has 4 heteroatoms. The first-order valence-corrected chi connectivity index (χ1v) is 4.01. The standard InChI is InChI=1S/C9H12N4/c1-9(2,3)13-8-11-5-7(4-10)6-12-8/h5-6H,1-3H3,(H,11,12,13). The SMILES string of the molecule is CC(C)(C)Nc1ncc(C#N)cn1. The van der Waals surface area contributed by atoms with Crippen molar-refractivity contribution in [3.63, 3.8) is 0 Å². The Kier molecular flexibility index (Phi) is 2.47. The number of anilines is 1. The van der Waals surface area contributed by atoms with Crippen LogP contribution in [-0.2, 0) is 0 Å². The Hall–Kier alpha value is -1.63. The van der Waals surface area contributed by atoms with E-state index < -0.39 is 0 Å². The second-order valence-corrected chi connectivity index (χ2v) is 3.78. The Labute approximate surface area is 77.6 Å². The van der Waals surface area contributed by atoms with E-state index >= 15 is 0 Å². The lowest BCUT2D eigenvalue weighted by atomic mass is 10.1. The zero-order chi connectivity index (χ0) is 9.90. The smallest absolute Gasteiger partial charge is 0.223 e. The molecule has 1 N–H and O–H groups in total. The van der Waals surface area contributed by atoms with Gasteiger partial charge in [0.2, 0.25) is 5.95 Å². The Bertz CT molecular complexity index is 315. The van der Waals surface area contributed by atoms with Gasteiger partial charge in [0.25, 0.3) is 0 Å². The summed E-state index contributed by atoms with van der Waals surface area (Å²) in [5.74, 6) is 0.548. The quantitative estimate of drug-likeness (QED) is 0.705. The fraction of sp³-hybridized carbons (Fsp3) is 0.444. The van der Waals surface area contributed by atoms with Crippen LogP contribution in [0.4, 0.5) is 5.95 Å². The number of nitriles is 1. The molecule has 0 spiro atoms. The average molecular weight is 176 g/mol. The van der Waals surface area contributed by atoms with Gasteiger partial charge < -0.3 is 5.32 Å². The highest BCUT2D eigenvalue weighted by Crippen LogP contribution is 2.08. The van der Waals surface area contributed by atoms with Crippen molar-refractivity contribution in [1.82, 2.24) is 9.97 Å². The van der Waals surface area contributed by atoms with Crippen LogP contribution >= 0.6 is 0 Å². The highest BCUT2D eigenvalue weighted by atomic mass is 15.1. The summed E-state index contributed by atoms with van der Waals surface area (Å²) in [6, 6.07) is 1.96. The lowest BCUT2D eigenvalue weighted by molar-refractivity contribution is 0.626. The van der Waals surface area contributed by atoms with E-state index in [4.69, 9.17) is 5.26 Å². The van der Waals surface area contributed by atoms with Gasteiger partial charge in [0.1, 0.15) is 6.07 Å². The molecule has 0 radical (unpaired) electrons. The molecule has 0 unspecified atom stereocenters. The van der Waals surface area contributed by atoms with E-state index in [0.717, 1.165) is 0 Å². The van der Waals surface area contributed by atoms with Crippen LogP contribution < -0.4 is 5.32 Å². The lowest BCUT2D eigenvalue weighted by Crippen LogP contribution is -2.27. The average Bonchev–Trinajstić information content (AvgIpc) is 2.03. The van der Waals surface area contributed by atoms with Crippen molar-refractivity contribution < 1.29 is 0 Å². The Morgan fingerprint density at radius 2 is 1.85 bits per heavy atom. The van der Waals surface area contributed by atoms with E-state index in [0.29, 0.717) is 11.5 Å². The van der Waals surface area contributed by atoms with Crippen LogP contribution in [0.2, 0.25) is 0 Å². The second kappa shape index (κ2) is 3.40. The molecule has 0 aliphatic heterocycles. The molecule has 0 aliphatic carbocycles. The van der Waals surface area contributed by atoms with Gasteiger partial charge >= 0.3 is 0 Å². The molecule has 0 bridgehead atoms. The zero-order valence-corrected chi connectivity index (χ0v) is 8.00. The summed E-state index contributed by atoms with van der Waals surface area (Å²) in [6.45, 7) is 6.07. The molecule has 1 heterocycles. The number of hydrogen-bond acceptors (Lipinski definition) is 4. The molecule has 0 aromatic carbocycles. The van der Waals surface area contributed by atoms with Crippen molar-refractivity contribution in [3.05, 3.63) is 18.0 Å². The van der Waals surface area contributed by atoms with E-state index in [1.54, 1.807) is 0 Å². The van der Waals surface area contributed by atoms with E-state index in [-0.39, 0.29) is 5.54 Å². The summed E-state index contributed by atoms with van der Waals surface area (Å²) in [6.07, 6.45) is 3.00. The summed E-state index contributed by atoms with van der Waals surface area (Å²) in [4.78, 5) is 7.98. The molecule has 68 valence electrons. The summed E-state index contributed by atoms with van der Waals surface area (Å²) in [7, 11) is 0. The van der Waals surface area contributed by atoms with E-state index in [9.17, 15) is 0 Å². The van der Waals surface area contributed by atoms with Crippen molar-refractivity contribution in [1.29, 1.82) is 5.26 Å². The lowest BCUT2D eigenvalue weighted by Gasteiger charge is -2.19. The van der Waals surface area contributed by atoms with Crippen LogP contribution in [0, 0.1) is 11.3 Å². The first-order chi connectivity index (χ1) is 6.01. The van der Waals surface area contributed by atoms with Crippen LogP contribution in [0.3, 0.4) is 0 Å². The Morgan fingerprint density at radius 1 is 1.31 bits per heavy atom. The van der Waals surface area contributed by atoms with Gasteiger partial charge in [-0.15, -0.1) is 0 Å². The maximum Gasteiger partial charge on any atom is 0.223 e. The third-order valence-corrected chi connectivity index (χ3v) is 1.27. The molecular formula is C9H12N4. The molecule has 1 aromatic heterocycles. The number of hydrogen-bond donors (Lipinski definition) is 1. The van der Waals surface area contributed by atoms with Gasteiger partial charge in [0.05, 0.1) is 18.0 Å². The van der Waals surface area contributed by atoms with Gasteiger partial charge in [-0.3, -0.25) is 0 Å². The molecule has 0 fully saturated rings. The van der Waals surface area contributed by atoms with Crippen molar-refractivity contribution in [2.75, 3.05) is 5.32 Å². The van der Waals surface area contributed by atoms with Crippen molar-refractivity contribution in [2.45, 2.75) is 26.3 Å². The fourth-order valence-corrected chi connectivity index (χ4v) is 0.786. The molecule has 0 saturated carbocycles. The van der Waals surface area contributed by atoms with E-state index in [1.165, 1.54) is 12.4 Å². The van der Waals surface area contributed by atoms with Crippen LogP contribution in [0.15, 0.2) is 12.4 Å². The van der Waals surface area contributed by atoms with E-state index in [2.05, 4.69) is 15.3 Å². The zero-order valence-electron chi connectivity index (χ0n) is 8.00. The fourth-order valence-electron chi connectivity index (χ4n) is 0.786. The van der Waals surface area contributed by atoms with Gasteiger partial charge in [-0.25, -0.2) is 9.97 Å². The number of aromatic nitrogens is 2. The second-order valence-electron chi connectivity index (χ2n) is 3.78. The maximum absolute atomic E-state index is 8.51. The molecule has 13 heavy (non-hydrogen) atoms. The number of nitrogens with one attached hydrogen (secondary N) is 1. The number of rotatable bonds is 1. The Morgan fingerprint density at radius 3 is 2.23 bits per heavy atom. The predicted octanol–water partition coefficient (Wildman–Crippen LogP) is 1.56. The molecule has 1 aromatic rings. The van der Waals surface area contributed by atoms with Gasteiger partial charge in [0, 0.05) is 5.54 Å². The molecule has 0 amide bonds. The molecule has 0 saturated heterocycles. The van der Waals surface area contributed by atoms with Crippen LogP contribution in [0.1, 0.15) is 26.3 Å². The van der Waals surface area contributed by atoms with Crippen molar-refractivity contribution in [3.8, 4) is 6.07 Å². The normalized spacial score (nSPS) is 10.6. The monoisotopic (exact) mass is 176 g/mol. The molecule has 1 rings (SSSR count). The van der Waals surface area contributed by atoms with Crippen molar-refractivity contribution >= 4 is 5.95 Å². The molecule has 0 atom stereocenters. The summed E-state index contributed by atoms with van der Waals surface area (Å²) < 4.78 is 0. The maximum atomic E-state index is 8.51. The topological polar surface area (TPSA) is 61.6 Å². The minimum Gasteiger partial charge on any atom is -0.350 e. The molecule has 4 nitrogen and oxygen atoms in total. The minimum absolute atomic E-state index is 0.0613. The van der Waals surface area contributed by atoms with E-state index in [1.807, 2.05) is 26.8 Å². The summed E-state index contributed by atoms with van der Waals surface area (Å²) in [5, 5.41) is 11.6. The van der Waals surface area contributed by atoms with Gasteiger partial charge in [-0.05, 0) is 20.8 Å². The largest absolute Gasteiger partial charge is 0.350 e. The Balaban J connectivity index is 2.77.